The van der Waals surface area contributed by atoms with E-state index in [-0.39, 0.29) is 12.0 Å². The van der Waals surface area contributed by atoms with E-state index in [4.69, 9.17) is 10.2 Å². The number of halogens is 3. The van der Waals surface area contributed by atoms with Crippen molar-refractivity contribution < 1.29 is 37.8 Å². The molecule has 0 radical (unpaired) electrons. The summed E-state index contributed by atoms with van der Waals surface area (Å²) in [5, 5.41) is 19.4. The SMILES string of the molecule is O=C(O)CC[C@@H](NC(=O)c1cccc(C(F)(F)F)c1)C(=O)O. The van der Waals surface area contributed by atoms with Gasteiger partial charge in [-0.05, 0) is 24.6 Å². The topological polar surface area (TPSA) is 104 Å². The largest absolute Gasteiger partial charge is 0.481 e. The number of rotatable bonds is 6. The number of nitrogens with one attached hydrogen (secondary N) is 1. The third-order valence-electron chi connectivity index (χ3n) is 2.70. The molecule has 120 valence electrons. The van der Waals surface area contributed by atoms with Crippen LogP contribution in [0.3, 0.4) is 0 Å². The van der Waals surface area contributed by atoms with Crippen molar-refractivity contribution >= 4 is 17.8 Å². The second-order valence-corrected chi connectivity index (χ2v) is 4.38. The van der Waals surface area contributed by atoms with Crippen molar-refractivity contribution in [2.75, 3.05) is 0 Å². The average molecular weight is 319 g/mol. The summed E-state index contributed by atoms with van der Waals surface area (Å²) in [5.41, 5.74) is -1.41. The molecule has 0 aliphatic rings. The van der Waals surface area contributed by atoms with Gasteiger partial charge in [0.05, 0.1) is 5.56 Å². The highest BCUT2D eigenvalue weighted by atomic mass is 19.4. The first-order valence-corrected chi connectivity index (χ1v) is 6.04. The molecule has 0 aliphatic carbocycles. The number of carbonyl (C=O) groups is 3. The second-order valence-electron chi connectivity index (χ2n) is 4.38. The van der Waals surface area contributed by atoms with Crippen LogP contribution in [0.2, 0.25) is 0 Å². The molecule has 0 saturated carbocycles. The van der Waals surface area contributed by atoms with Gasteiger partial charge in [-0.1, -0.05) is 6.07 Å². The molecule has 1 rings (SSSR count). The van der Waals surface area contributed by atoms with E-state index in [1.54, 1.807) is 0 Å². The molecule has 0 bridgehead atoms. The van der Waals surface area contributed by atoms with Crippen molar-refractivity contribution in [2.24, 2.45) is 0 Å². The summed E-state index contributed by atoms with van der Waals surface area (Å²) in [6.45, 7) is 0. The first-order chi connectivity index (χ1) is 10.1. The van der Waals surface area contributed by atoms with E-state index < -0.39 is 42.0 Å². The maximum Gasteiger partial charge on any atom is 0.416 e. The average Bonchev–Trinajstić information content (AvgIpc) is 2.41. The van der Waals surface area contributed by atoms with Crippen LogP contribution in [0, 0.1) is 0 Å². The summed E-state index contributed by atoms with van der Waals surface area (Å²) in [7, 11) is 0. The number of carboxylic acids is 2. The van der Waals surface area contributed by atoms with Crippen LogP contribution in [0.5, 0.6) is 0 Å². The predicted molar refractivity (Wildman–Crippen MR) is 67.2 cm³/mol. The molecule has 22 heavy (non-hydrogen) atoms. The van der Waals surface area contributed by atoms with Crippen LogP contribution in [0.1, 0.15) is 28.8 Å². The van der Waals surface area contributed by atoms with Gasteiger partial charge in [0.25, 0.3) is 5.91 Å². The quantitative estimate of drug-likeness (QED) is 0.741. The summed E-state index contributed by atoms with van der Waals surface area (Å²) in [6, 6.07) is 1.98. The van der Waals surface area contributed by atoms with Gasteiger partial charge in [-0.2, -0.15) is 13.2 Å². The molecule has 1 aromatic carbocycles. The minimum atomic E-state index is -4.63. The fraction of sp³-hybridized carbons (Fsp3) is 0.308. The van der Waals surface area contributed by atoms with E-state index in [0.717, 1.165) is 18.2 Å². The fourth-order valence-electron chi connectivity index (χ4n) is 1.60. The van der Waals surface area contributed by atoms with E-state index >= 15 is 0 Å². The van der Waals surface area contributed by atoms with Gasteiger partial charge in [-0.15, -0.1) is 0 Å². The van der Waals surface area contributed by atoms with E-state index in [2.05, 4.69) is 0 Å². The Balaban J connectivity index is 2.86. The molecule has 1 aromatic rings. The Bertz CT molecular complexity index is 585. The Morgan fingerprint density at radius 3 is 2.32 bits per heavy atom. The highest BCUT2D eigenvalue weighted by molar-refractivity contribution is 5.96. The van der Waals surface area contributed by atoms with E-state index in [0.29, 0.717) is 6.07 Å². The lowest BCUT2D eigenvalue weighted by Crippen LogP contribution is -2.41. The standard InChI is InChI=1S/C13H12F3NO5/c14-13(15,16)8-3-1-2-7(6-8)11(20)17-9(12(21)22)4-5-10(18)19/h1-3,6,9H,4-5H2,(H,17,20)(H,18,19)(H,21,22)/t9-/m1/s1. The van der Waals surface area contributed by atoms with Gasteiger partial charge in [-0.3, -0.25) is 9.59 Å². The van der Waals surface area contributed by atoms with Gasteiger partial charge in [0, 0.05) is 12.0 Å². The molecule has 6 nitrogen and oxygen atoms in total. The fourth-order valence-corrected chi connectivity index (χ4v) is 1.60. The summed E-state index contributed by atoms with van der Waals surface area (Å²) >= 11 is 0. The van der Waals surface area contributed by atoms with Crippen LogP contribution in [0.4, 0.5) is 13.2 Å². The minimum Gasteiger partial charge on any atom is -0.481 e. The Morgan fingerprint density at radius 1 is 1.18 bits per heavy atom. The Labute approximate surface area is 122 Å². The molecule has 0 aliphatic heterocycles. The van der Waals surface area contributed by atoms with Gasteiger partial charge >= 0.3 is 18.1 Å². The van der Waals surface area contributed by atoms with Crippen molar-refractivity contribution in [2.45, 2.75) is 25.1 Å². The summed E-state index contributed by atoms with van der Waals surface area (Å²) in [5.74, 6) is -3.75. The number of amides is 1. The van der Waals surface area contributed by atoms with Crippen LogP contribution in [0.25, 0.3) is 0 Å². The predicted octanol–water partition coefficient (Wildman–Crippen LogP) is 1.75. The molecule has 9 heteroatoms. The van der Waals surface area contributed by atoms with Crippen molar-refractivity contribution in [3.05, 3.63) is 35.4 Å². The van der Waals surface area contributed by atoms with Gasteiger partial charge in [0.2, 0.25) is 0 Å². The molecule has 0 spiro atoms. The lowest BCUT2D eigenvalue weighted by atomic mass is 10.1. The maximum atomic E-state index is 12.5. The smallest absolute Gasteiger partial charge is 0.416 e. The van der Waals surface area contributed by atoms with Gasteiger partial charge in [0.15, 0.2) is 0 Å². The lowest BCUT2D eigenvalue weighted by molar-refractivity contribution is -0.141. The Hall–Kier alpha value is -2.58. The zero-order chi connectivity index (χ0) is 16.9. The Kier molecular flexibility index (Phi) is 5.50. The lowest BCUT2D eigenvalue weighted by Gasteiger charge is -2.14. The highest BCUT2D eigenvalue weighted by Gasteiger charge is 2.31. The van der Waals surface area contributed by atoms with Gasteiger partial charge in [-0.25, -0.2) is 4.79 Å². The molecule has 0 fully saturated rings. The molecule has 0 unspecified atom stereocenters. The third-order valence-corrected chi connectivity index (χ3v) is 2.70. The minimum absolute atomic E-state index is 0.364. The number of carbonyl (C=O) groups excluding carboxylic acids is 1. The molecule has 3 N–H and O–H groups in total. The number of aliphatic carboxylic acids is 2. The molecule has 1 amide bonds. The van der Waals surface area contributed by atoms with Crippen LogP contribution < -0.4 is 5.32 Å². The first-order valence-electron chi connectivity index (χ1n) is 6.04. The molecule has 1 atom stereocenters. The molecule has 0 saturated heterocycles. The van der Waals surface area contributed by atoms with Crippen LogP contribution in [0.15, 0.2) is 24.3 Å². The maximum absolute atomic E-state index is 12.5. The van der Waals surface area contributed by atoms with Crippen molar-refractivity contribution in [1.82, 2.24) is 5.32 Å². The number of alkyl halides is 3. The molecule has 0 aromatic heterocycles. The van der Waals surface area contributed by atoms with E-state index in [1.165, 1.54) is 0 Å². The van der Waals surface area contributed by atoms with Crippen molar-refractivity contribution in [1.29, 1.82) is 0 Å². The van der Waals surface area contributed by atoms with Crippen LogP contribution in [-0.4, -0.2) is 34.1 Å². The summed E-state index contributed by atoms with van der Waals surface area (Å²) in [6.07, 6.45) is -5.51. The van der Waals surface area contributed by atoms with Gasteiger partial charge < -0.3 is 15.5 Å². The summed E-state index contributed by atoms with van der Waals surface area (Å²) < 4.78 is 37.6. The highest BCUT2D eigenvalue weighted by Crippen LogP contribution is 2.29. The molecular weight excluding hydrogens is 307 g/mol. The normalized spacial score (nSPS) is 12.5. The number of benzene rings is 1. The van der Waals surface area contributed by atoms with Crippen LogP contribution >= 0.6 is 0 Å². The summed E-state index contributed by atoms with van der Waals surface area (Å²) in [4.78, 5) is 33.1. The van der Waals surface area contributed by atoms with Crippen LogP contribution in [-0.2, 0) is 15.8 Å². The molecule has 0 heterocycles. The second kappa shape index (κ2) is 6.92. The van der Waals surface area contributed by atoms with E-state index in [9.17, 15) is 27.6 Å². The van der Waals surface area contributed by atoms with Gasteiger partial charge in [0.1, 0.15) is 6.04 Å². The van der Waals surface area contributed by atoms with E-state index in [1.807, 2.05) is 5.32 Å². The number of hydrogen-bond donors (Lipinski definition) is 3. The zero-order valence-corrected chi connectivity index (χ0v) is 11.1. The number of hydrogen-bond acceptors (Lipinski definition) is 3. The van der Waals surface area contributed by atoms with Crippen molar-refractivity contribution in [3.63, 3.8) is 0 Å². The monoisotopic (exact) mass is 319 g/mol. The van der Waals surface area contributed by atoms with Crippen molar-refractivity contribution in [3.8, 4) is 0 Å². The molecular formula is C13H12F3NO5. The first kappa shape index (κ1) is 17.5. The number of carboxylic acid groups (broad SMARTS) is 2. The third kappa shape index (κ3) is 5.08. The Morgan fingerprint density at radius 2 is 1.82 bits per heavy atom. The zero-order valence-electron chi connectivity index (χ0n) is 11.1.